The number of nitrogens with two attached hydrogens (primary N) is 1. The van der Waals surface area contributed by atoms with E-state index in [1.54, 1.807) is 6.20 Å². The molecule has 3 N–H and O–H groups in total. The van der Waals surface area contributed by atoms with E-state index in [4.69, 9.17) is 5.73 Å². The number of nitrogens with zero attached hydrogens (tertiary/aromatic N) is 1. The lowest BCUT2D eigenvalue weighted by Gasteiger charge is -2.14. The number of nitrogens with one attached hydrogen (secondary N) is 1. The Morgan fingerprint density at radius 2 is 2.24 bits per heavy atom. The molecule has 1 heterocycles. The second-order valence-electron chi connectivity index (χ2n) is 4.56. The van der Waals surface area contributed by atoms with Gasteiger partial charge in [-0.2, -0.15) is 0 Å². The van der Waals surface area contributed by atoms with Gasteiger partial charge in [-0.15, -0.1) is 0 Å². The summed E-state index contributed by atoms with van der Waals surface area (Å²) in [6.45, 7) is 6.00. The van der Waals surface area contributed by atoms with Crippen LogP contribution in [0.25, 0.3) is 0 Å². The van der Waals surface area contributed by atoms with Crippen molar-refractivity contribution < 1.29 is 4.79 Å². The first kappa shape index (κ1) is 14.1. The highest BCUT2D eigenvalue weighted by atomic mass is 79.9. The van der Waals surface area contributed by atoms with E-state index in [0.29, 0.717) is 18.0 Å². The number of anilines is 1. The third kappa shape index (κ3) is 4.44. The summed E-state index contributed by atoms with van der Waals surface area (Å²) in [5, 5.41) is 2.77. The van der Waals surface area contributed by atoms with E-state index in [1.165, 1.54) is 0 Å². The van der Waals surface area contributed by atoms with Crippen LogP contribution in [0.3, 0.4) is 0 Å². The number of rotatable bonds is 4. The van der Waals surface area contributed by atoms with E-state index in [9.17, 15) is 4.79 Å². The van der Waals surface area contributed by atoms with E-state index in [2.05, 4.69) is 26.2 Å². The van der Waals surface area contributed by atoms with E-state index in [-0.39, 0.29) is 5.91 Å². The van der Waals surface area contributed by atoms with E-state index in [1.807, 2.05) is 26.8 Å². The lowest BCUT2D eigenvalue weighted by molar-refractivity contribution is -0.117. The zero-order chi connectivity index (χ0) is 13.0. The molecule has 0 radical (unpaired) electrons. The topological polar surface area (TPSA) is 68.0 Å². The zero-order valence-corrected chi connectivity index (χ0v) is 11.9. The molecule has 0 aromatic carbocycles. The van der Waals surface area contributed by atoms with Crippen molar-refractivity contribution in [1.29, 1.82) is 0 Å². The van der Waals surface area contributed by atoms with Crippen LogP contribution in [0.2, 0.25) is 0 Å². The van der Waals surface area contributed by atoms with Gasteiger partial charge >= 0.3 is 0 Å². The maximum Gasteiger partial charge on any atom is 0.241 e. The van der Waals surface area contributed by atoms with E-state index in [0.717, 1.165) is 10.2 Å². The Kier molecular flexibility index (Phi) is 5.08. The number of amides is 1. The van der Waals surface area contributed by atoms with Gasteiger partial charge in [-0.05, 0) is 46.8 Å². The Morgan fingerprint density at radius 1 is 1.59 bits per heavy atom. The molecule has 5 heteroatoms. The van der Waals surface area contributed by atoms with Gasteiger partial charge in [0.2, 0.25) is 5.91 Å². The SMILES string of the molecule is Cc1cc(NC(=O)[C@H](N)CC(C)C)cnc1Br. The fourth-order valence-corrected chi connectivity index (χ4v) is 1.69. The second-order valence-corrected chi connectivity index (χ2v) is 5.31. The molecule has 0 spiro atoms. The number of carbonyl (C=O) groups excluding carboxylic acids is 1. The Hall–Kier alpha value is -0.940. The third-order valence-corrected chi connectivity index (χ3v) is 3.17. The van der Waals surface area contributed by atoms with Gasteiger partial charge in [0.05, 0.1) is 17.9 Å². The average Bonchev–Trinajstić information content (AvgIpc) is 2.22. The first-order valence-electron chi connectivity index (χ1n) is 5.58. The van der Waals surface area contributed by atoms with Crippen molar-refractivity contribution >= 4 is 27.5 Å². The van der Waals surface area contributed by atoms with Crippen molar-refractivity contribution in [3.63, 3.8) is 0 Å². The number of pyridine rings is 1. The molecule has 0 aliphatic rings. The quantitative estimate of drug-likeness (QED) is 0.839. The van der Waals surface area contributed by atoms with Crippen molar-refractivity contribution in [3.8, 4) is 0 Å². The molecule has 4 nitrogen and oxygen atoms in total. The Balaban J connectivity index is 2.64. The summed E-state index contributed by atoms with van der Waals surface area (Å²) in [4.78, 5) is 15.9. The number of hydrogen-bond acceptors (Lipinski definition) is 3. The fourth-order valence-electron chi connectivity index (χ4n) is 1.48. The van der Waals surface area contributed by atoms with Gasteiger partial charge in [-0.1, -0.05) is 13.8 Å². The number of halogens is 1. The van der Waals surface area contributed by atoms with Gasteiger partial charge < -0.3 is 11.1 Å². The predicted octanol–water partition coefficient (Wildman–Crippen LogP) is 2.46. The van der Waals surface area contributed by atoms with Crippen LogP contribution in [0.5, 0.6) is 0 Å². The molecule has 0 aliphatic carbocycles. The molecule has 1 amide bonds. The van der Waals surface area contributed by atoms with Gasteiger partial charge in [0.15, 0.2) is 0 Å². The first-order valence-corrected chi connectivity index (χ1v) is 6.38. The van der Waals surface area contributed by atoms with Crippen LogP contribution in [-0.2, 0) is 4.79 Å². The number of hydrogen-bond donors (Lipinski definition) is 2. The number of aromatic nitrogens is 1. The molecule has 1 atom stereocenters. The molecular weight excluding hydrogens is 282 g/mol. The minimum absolute atomic E-state index is 0.165. The van der Waals surface area contributed by atoms with Crippen LogP contribution >= 0.6 is 15.9 Å². The molecule has 1 rings (SSSR count). The summed E-state index contributed by atoms with van der Waals surface area (Å²) in [6.07, 6.45) is 2.28. The van der Waals surface area contributed by atoms with Crippen LogP contribution in [-0.4, -0.2) is 16.9 Å². The van der Waals surface area contributed by atoms with Gasteiger partial charge in [0.1, 0.15) is 4.60 Å². The van der Waals surface area contributed by atoms with Crippen LogP contribution in [0.1, 0.15) is 25.8 Å². The highest BCUT2D eigenvalue weighted by Gasteiger charge is 2.15. The summed E-state index contributed by atoms with van der Waals surface area (Å²) in [5.41, 5.74) is 7.44. The van der Waals surface area contributed by atoms with Crippen molar-refractivity contribution in [3.05, 3.63) is 22.4 Å². The summed E-state index contributed by atoms with van der Waals surface area (Å²) in [6, 6.07) is 1.39. The van der Waals surface area contributed by atoms with Crippen molar-refractivity contribution in [2.45, 2.75) is 33.2 Å². The Labute approximate surface area is 110 Å². The molecular formula is C12H18BrN3O. The maximum atomic E-state index is 11.8. The van der Waals surface area contributed by atoms with Crippen molar-refractivity contribution in [1.82, 2.24) is 4.98 Å². The fraction of sp³-hybridized carbons (Fsp3) is 0.500. The van der Waals surface area contributed by atoms with Crippen LogP contribution < -0.4 is 11.1 Å². The Morgan fingerprint density at radius 3 is 2.76 bits per heavy atom. The maximum absolute atomic E-state index is 11.8. The molecule has 1 aromatic heterocycles. The van der Waals surface area contributed by atoms with Gasteiger partial charge in [0, 0.05) is 0 Å². The summed E-state index contributed by atoms with van der Waals surface area (Å²) in [7, 11) is 0. The summed E-state index contributed by atoms with van der Waals surface area (Å²) in [5.74, 6) is 0.239. The number of carbonyl (C=O) groups is 1. The van der Waals surface area contributed by atoms with E-state index >= 15 is 0 Å². The molecule has 1 aromatic rings. The smallest absolute Gasteiger partial charge is 0.241 e. The third-order valence-electron chi connectivity index (χ3n) is 2.34. The molecule has 94 valence electrons. The Bertz CT molecular complexity index is 407. The molecule has 0 bridgehead atoms. The highest BCUT2D eigenvalue weighted by Crippen LogP contribution is 2.17. The van der Waals surface area contributed by atoms with Crippen LogP contribution in [0.4, 0.5) is 5.69 Å². The second kappa shape index (κ2) is 6.12. The molecule has 0 fully saturated rings. The number of aryl methyl sites for hydroxylation is 1. The molecule has 0 saturated carbocycles. The summed E-state index contributed by atoms with van der Waals surface area (Å²) >= 11 is 3.31. The summed E-state index contributed by atoms with van der Waals surface area (Å²) < 4.78 is 0.780. The highest BCUT2D eigenvalue weighted by molar-refractivity contribution is 9.10. The van der Waals surface area contributed by atoms with Crippen molar-refractivity contribution in [2.24, 2.45) is 11.7 Å². The van der Waals surface area contributed by atoms with Gasteiger partial charge in [-0.25, -0.2) is 4.98 Å². The van der Waals surface area contributed by atoms with Gasteiger partial charge in [-0.3, -0.25) is 4.79 Å². The zero-order valence-electron chi connectivity index (χ0n) is 10.3. The monoisotopic (exact) mass is 299 g/mol. The molecule has 0 aliphatic heterocycles. The van der Waals surface area contributed by atoms with Crippen LogP contribution in [0.15, 0.2) is 16.9 Å². The molecule has 17 heavy (non-hydrogen) atoms. The van der Waals surface area contributed by atoms with Gasteiger partial charge in [0.25, 0.3) is 0 Å². The largest absolute Gasteiger partial charge is 0.323 e. The normalized spacial score (nSPS) is 12.6. The van der Waals surface area contributed by atoms with Crippen LogP contribution in [0, 0.1) is 12.8 Å². The first-order chi connectivity index (χ1) is 7.90. The average molecular weight is 300 g/mol. The minimum atomic E-state index is -0.473. The lowest BCUT2D eigenvalue weighted by atomic mass is 10.0. The van der Waals surface area contributed by atoms with Crippen molar-refractivity contribution in [2.75, 3.05) is 5.32 Å². The standard InChI is InChI=1S/C12H18BrN3O/c1-7(2)4-10(14)12(17)16-9-5-8(3)11(13)15-6-9/h5-7,10H,4,14H2,1-3H3,(H,16,17)/t10-/m1/s1. The predicted molar refractivity (Wildman–Crippen MR) is 72.7 cm³/mol. The van der Waals surface area contributed by atoms with E-state index < -0.39 is 6.04 Å². The minimum Gasteiger partial charge on any atom is -0.323 e. The molecule has 0 saturated heterocycles. The molecule has 0 unspecified atom stereocenters. The lowest BCUT2D eigenvalue weighted by Crippen LogP contribution is -2.36.